The van der Waals surface area contributed by atoms with E-state index in [1.54, 1.807) is 12.1 Å². The molecular weight excluding hydrogens is 217 g/mol. The van der Waals surface area contributed by atoms with Gasteiger partial charge in [0, 0.05) is 5.92 Å². The van der Waals surface area contributed by atoms with Gasteiger partial charge in [0.2, 0.25) is 0 Å². The molecule has 0 spiro atoms. The van der Waals surface area contributed by atoms with Crippen molar-refractivity contribution >= 4 is 0 Å². The minimum Gasteiger partial charge on any atom is -0.381 e. The van der Waals surface area contributed by atoms with E-state index in [2.05, 4.69) is 0 Å². The molecular formula is C12H13F3O. The Morgan fingerprint density at radius 3 is 2.12 bits per heavy atom. The third kappa shape index (κ3) is 2.21. The fourth-order valence-corrected chi connectivity index (χ4v) is 1.79. The van der Waals surface area contributed by atoms with Crippen LogP contribution in [0.15, 0.2) is 24.3 Å². The maximum atomic E-state index is 12.3. The lowest BCUT2D eigenvalue weighted by Gasteiger charge is -2.31. The number of ether oxygens (including phenoxy) is 1. The highest BCUT2D eigenvalue weighted by atomic mass is 19.4. The third-order valence-corrected chi connectivity index (χ3v) is 3.13. The molecule has 1 atom stereocenters. The Labute approximate surface area is 92.2 Å². The maximum absolute atomic E-state index is 12.3. The molecule has 0 bridgehead atoms. The zero-order chi connectivity index (χ0) is 11.8. The van der Waals surface area contributed by atoms with E-state index in [-0.39, 0.29) is 5.92 Å². The van der Waals surface area contributed by atoms with E-state index in [0.29, 0.717) is 19.1 Å². The lowest BCUT2D eigenvalue weighted by molar-refractivity contribution is -0.137. The Bertz CT molecular complexity index is 352. The number of alkyl halides is 3. The standard InChI is InChI=1S/C12H13F3O/c1-8(10-6-16-7-10)9-2-4-11(5-3-9)12(13,14)15/h2-5,8,10H,6-7H2,1H3. The van der Waals surface area contributed by atoms with Gasteiger partial charge in [-0.05, 0) is 23.6 Å². The summed E-state index contributed by atoms with van der Waals surface area (Å²) in [5, 5.41) is 0. The van der Waals surface area contributed by atoms with Crippen LogP contribution in [-0.4, -0.2) is 13.2 Å². The molecule has 0 amide bonds. The zero-order valence-corrected chi connectivity index (χ0v) is 8.92. The zero-order valence-electron chi connectivity index (χ0n) is 8.92. The fourth-order valence-electron chi connectivity index (χ4n) is 1.79. The maximum Gasteiger partial charge on any atom is 0.416 e. The Hall–Kier alpha value is -1.03. The lowest BCUT2D eigenvalue weighted by Crippen LogP contribution is -2.31. The summed E-state index contributed by atoms with van der Waals surface area (Å²) in [6.45, 7) is 3.44. The van der Waals surface area contributed by atoms with Crippen LogP contribution in [0.2, 0.25) is 0 Å². The highest BCUT2D eigenvalue weighted by Crippen LogP contribution is 2.33. The largest absolute Gasteiger partial charge is 0.416 e. The molecule has 1 unspecified atom stereocenters. The van der Waals surface area contributed by atoms with Crippen molar-refractivity contribution in [1.29, 1.82) is 0 Å². The summed E-state index contributed by atoms with van der Waals surface area (Å²) in [5.74, 6) is 0.702. The van der Waals surface area contributed by atoms with Crippen LogP contribution < -0.4 is 0 Å². The summed E-state index contributed by atoms with van der Waals surface area (Å²) in [6.07, 6.45) is -4.25. The van der Waals surface area contributed by atoms with Crippen LogP contribution in [0.25, 0.3) is 0 Å². The molecule has 1 aliphatic rings. The first kappa shape index (κ1) is 11.5. The third-order valence-electron chi connectivity index (χ3n) is 3.13. The van der Waals surface area contributed by atoms with Crippen molar-refractivity contribution in [3.63, 3.8) is 0 Å². The van der Waals surface area contributed by atoms with Gasteiger partial charge in [0.1, 0.15) is 0 Å². The van der Waals surface area contributed by atoms with Crippen molar-refractivity contribution in [3.8, 4) is 0 Å². The van der Waals surface area contributed by atoms with E-state index in [0.717, 1.165) is 17.7 Å². The molecule has 1 saturated heterocycles. The number of halogens is 3. The summed E-state index contributed by atoms with van der Waals surface area (Å²) < 4.78 is 42.1. The van der Waals surface area contributed by atoms with Crippen LogP contribution in [0.4, 0.5) is 13.2 Å². The van der Waals surface area contributed by atoms with Crippen LogP contribution >= 0.6 is 0 Å². The van der Waals surface area contributed by atoms with Gasteiger partial charge in [-0.2, -0.15) is 13.2 Å². The topological polar surface area (TPSA) is 9.23 Å². The van der Waals surface area contributed by atoms with Crippen LogP contribution in [0, 0.1) is 5.92 Å². The average Bonchev–Trinajstić information content (AvgIpc) is 2.14. The summed E-state index contributed by atoms with van der Waals surface area (Å²) in [4.78, 5) is 0. The van der Waals surface area contributed by atoms with Gasteiger partial charge < -0.3 is 4.74 Å². The number of rotatable bonds is 2. The first-order valence-electron chi connectivity index (χ1n) is 5.23. The SMILES string of the molecule is CC(c1ccc(C(F)(F)F)cc1)C1COC1. The second kappa shape index (κ2) is 4.09. The molecule has 4 heteroatoms. The summed E-state index contributed by atoms with van der Waals surface area (Å²) in [7, 11) is 0. The van der Waals surface area contributed by atoms with Crippen molar-refractivity contribution in [1.82, 2.24) is 0 Å². The minimum absolute atomic E-state index is 0.260. The summed E-state index contributed by atoms with van der Waals surface area (Å²) >= 11 is 0. The Kier molecular flexibility index (Phi) is 2.93. The second-order valence-electron chi connectivity index (χ2n) is 4.21. The second-order valence-corrected chi connectivity index (χ2v) is 4.21. The molecule has 0 aliphatic carbocycles. The predicted molar refractivity (Wildman–Crippen MR) is 54.2 cm³/mol. The number of hydrogen-bond donors (Lipinski definition) is 0. The smallest absolute Gasteiger partial charge is 0.381 e. The van der Waals surface area contributed by atoms with E-state index in [9.17, 15) is 13.2 Å². The molecule has 1 heterocycles. The molecule has 1 fully saturated rings. The van der Waals surface area contributed by atoms with Gasteiger partial charge in [-0.25, -0.2) is 0 Å². The molecule has 1 aromatic carbocycles. The van der Waals surface area contributed by atoms with Crippen LogP contribution in [0.3, 0.4) is 0 Å². The van der Waals surface area contributed by atoms with Crippen molar-refractivity contribution in [2.75, 3.05) is 13.2 Å². The van der Waals surface area contributed by atoms with E-state index >= 15 is 0 Å². The highest BCUT2D eigenvalue weighted by molar-refractivity contribution is 5.27. The Balaban J connectivity index is 2.12. The summed E-state index contributed by atoms with van der Waals surface area (Å²) in [5.41, 5.74) is 0.356. The molecule has 1 aromatic rings. The van der Waals surface area contributed by atoms with Crippen molar-refractivity contribution in [2.24, 2.45) is 5.92 Å². The number of hydrogen-bond acceptors (Lipinski definition) is 1. The van der Waals surface area contributed by atoms with Gasteiger partial charge >= 0.3 is 6.18 Å². The van der Waals surface area contributed by atoms with Crippen LogP contribution in [-0.2, 0) is 10.9 Å². The van der Waals surface area contributed by atoms with Crippen LogP contribution in [0.1, 0.15) is 24.0 Å². The minimum atomic E-state index is -4.25. The molecule has 1 aliphatic heterocycles. The fraction of sp³-hybridized carbons (Fsp3) is 0.500. The van der Waals surface area contributed by atoms with Crippen molar-refractivity contribution in [3.05, 3.63) is 35.4 Å². The van der Waals surface area contributed by atoms with Gasteiger partial charge in [-0.3, -0.25) is 0 Å². The van der Waals surface area contributed by atoms with E-state index < -0.39 is 11.7 Å². The molecule has 88 valence electrons. The molecule has 0 N–H and O–H groups in total. The van der Waals surface area contributed by atoms with E-state index in [1.807, 2.05) is 6.92 Å². The predicted octanol–water partition coefficient (Wildman–Crippen LogP) is 3.46. The quantitative estimate of drug-likeness (QED) is 0.756. The normalized spacial score (nSPS) is 19.2. The van der Waals surface area contributed by atoms with Gasteiger partial charge in [-0.1, -0.05) is 19.1 Å². The first-order valence-corrected chi connectivity index (χ1v) is 5.23. The van der Waals surface area contributed by atoms with Gasteiger partial charge in [0.05, 0.1) is 18.8 Å². The Morgan fingerprint density at radius 2 is 1.75 bits per heavy atom. The highest BCUT2D eigenvalue weighted by Gasteiger charge is 2.31. The van der Waals surface area contributed by atoms with Gasteiger partial charge in [-0.15, -0.1) is 0 Å². The molecule has 0 saturated carbocycles. The average molecular weight is 230 g/mol. The summed E-state index contributed by atoms with van der Waals surface area (Å²) in [6, 6.07) is 5.41. The Morgan fingerprint density at radius 1 is 1.19 bits per heavy atom. The molecule has 1 nitrogen and oxygen atoms in total. The molecule has 0 radical (unpaired) electrons. The van der Waals surface area contributed by atoms with E-state index in [1.165, 1.54) is 0 Å². The lowest BCUT2D eigenvalue weighted by atomic mass is 9.86. The van der Waals surface area contributed by atoms with Gasteiger partial charge in [0.25, 0.3) is 0 Å². The monoisotopic (exact) mass is 230 g/mol. The van der Waals surface area contributed by atoms with E-state index in [4.69, 9.17) is 4.74 Å². The van der Waals surface area contributed by atoms with Gasteiger partial charge in [0.15, 0.2) is 0 Å². The molecule has 16 heavy (non-hydrogen) atoms. The molecule has 2 rings (SSSR count). The first-order chi connectivity index (χ1) is 7.48. The van der Waals surface area contributed by atoms with Crippen molar-refractivity contribution < 1.29 is 17.9 Å². The van der Waals surface area contributed by atoms with Crippen LogP contribution in [0.5, 0.6) is 0 Å². The number of benzene rings is 1. The molecule has 0 aromatic heterocycles. The van der Waals surface area contributed by atoms with Crippen molar-refractivity contribution in [2.45, 2.75) is 19.0 Å².